The highest BCUT2D eigenvalue weighted by Crippen LogP contribution is 2.31. The number of aromatic nitrogens is 1. The van der Waals surface area contributed by atoms with Crippen LogP contribution in [0.25, 0.3) is 0 Å². The van der Waals surface area contributed by atoms with Crippen LogP contribution in [-0.4, -0.2) is 21.0 Å². The quantitative estimate of drug-likeness (QED) is 0.634. The predicted octanol–water partition coefficient (Wildman–Crippen LogP) is 1.93. The van der Waals surface area contributed by atoms with Crippen molar-refractivity contribution in [1.82, 2.24) is 4.98 Å². The van der Waals surface area contributed by atoms with E-state index in [4.69, 9.17) is 5.11 Å². The van der Waals surface area contributed by atoms with E-state index >= 15 is 0 Å². The SMILES string of the molecule is Cc1cnc(C(F)F)c([N+](=O)[O-])c1C(=O)O. The van der Waals surface area contributed by atoms with Gasteiger partial charge in [0.2, 0.25) is 0 Å². The second kappa shape index (κ2) is 4.17. The third-order valence-corrected chi connectivity index (χ3v) is 1.87. The van der Waals surface area contributed by atoms with Gasteiger partial charge in [-0.25, -0.2) is 18.6 Å². The second-order valence-electron chi connectivity index (χ2n) is 2.91. The van der Waals surface area contributed by atoms with Crippen LogP contribution in [0.3, 0.4) is 0 Å². The van der Waals surface area contributed by atoms with Gasteiger partial charge in [-0.2, -0.15) is 0 Å². The first-order valence-corrected chi connectivity index (χ1v) is 4.01. The summed E-state index contributed by atoms with van der Waals surface area (Å²) in [6.45, 7) is 1.25. The Bertz CT molecular complexity index is 462. The molecule has 0 radical (unpaired) electrons. The van der Waals surface area contributed by atoms with Crippen molar-refractivity contribution in [2.75, 3.05) is 0 Å². The number of halogens is 2. The van der Waals surface area contributed by atoms with Gasteiger partial charge >= 0.3 is 11.7 Å². The van der Waals surface area contributed by atoms with E-state index in [1.165, 1.54) is 6.92 Å². The van der Waals surface area contributed by atoms with E-state index < -0.39 is 34.3 Å². The fourth-order valence-corrected chi connectivity index (χ4v) is 1.22. The second-order valence-corrected chi connectivity index (χ2v) is 2.91. The Morgan fingerprint density at radius 2 is 2.19 bits per heavy atom. The number of carboxylic acid groups (broad SMARTS) is 1. The molecule has 1 aromatic heterocycles. The molecule has 0 aromatic carbocycles. The number of carbonyl (C=O) groups is 1. The highest BCUT2D eigenvalue weighted by molar-refractivity contribution is 5.94. The third kappa shape index (κ3) is 1.95. The molecule has 0 saturated heterocycles. The van der Waals surface area contributed by atoms with Crippen molar-refractivity contribution in [1.29, 1.82) is 0 Å². The molecule has 0 aliphatic rings. The van der Waals surface area contributed by atoms with Crippen molar-refractivity contribution in [3.63, 3.8) is 0 Å². The monoisotopic (exact) mass is 232 g/mol. The van der Waals surface area contributed by atoms with Gasteiger partial charge in [0.1, 0.15) is 5.56 Å². The van der Waals surface area contributed by atoms with Crippen molar-refractivity contribution in [3.05, 3.63) is 33.1 Å². The third-order valence-electron chi connectivity index (χ3n) is 1.87. The number of pyridine rings is 1. The normalized spacial score (nSPS) is 10.5. The van der Waals surface area contributed by atoms with Crippen LogP contribution >= 0.6 is 0 Å². The number of aromatic carboxylic acids is 1. The zero-order valence-electron chi connectivity index (χ0n) is 7.98. The molecule has 1 heterocycles. The van der Waals surface area contributed by atoms with E-state index in [1.807, 2.05) is 0 Å². The molecule has 0 bridgehead atoms. The van der Waals surface area contributed by atoms with Gasteiger partial charge in [-0.1, -0.05) is 0 Å². The Morgan fingerprint density at radius 3 is 2.56 bits per heavy atom. The molecule has 0 aliphatic carbocycles. The molecule has 0 fully saturated rings. The van der Waals surface area contributed by atoms with Crippen molar-refractivity contribution in [2.45, 2.75) is 13.3 Å². The van der Waals surface area contributed by atoms with Gasteiger partial charge in [0.05, 0.1) is 4.92 Å². The number of alkyl halides is 2. The Kier molecular flexibility index (Phi) is 3.11. The Morgan fingerprint density at radius 1 is 1.62 bits per heavy atom. The van der Waals surface area contributed by atoms with Crippen LogP contribution in [0, 0.1) is 17.0 Å². The molecule has 0 amide bonds. The number of hydrogen-bond acceptors (Lipinski definition) is 4. The summed E-state index contributed by atoms with van der Waals surface area (Å²) in [5.41, 5.74) is -3.07. The van der Waals surface area contributed by atoms with Crippen LogP contribution in [0.4, 0.5) is 14.5 Å². The minimum absolute atomic E-state index is 0.0383. The minimum Gasteiger partial charge on any atom is -0.477 e. The summed E-state index contributed by atoms with van der Waals surface area (Å²) in [4.78, 5) is 23.3. The van der Waals surface area contributed by atoms with E-state index in [1.54, 1.807) is 0 Å². The first kappa shape index (κ1) is 12.0. The average Bonchev–Trinajstić information content (AvgIpc) is 2.15. The van der Waals surface area contributed by atoms with Crippen molar-refractivity contribution in [2.24, 2.45) is 0 Å². The lowest BCUT2D eigenvalue weighted by Gasteiger charge is -2.05. The molecule has 0 spiro atoms. The maximum Gasteiger partial charge on any atom is 0.343 e. The number of carboxylic acids is 1. The lowest BCUT2D eigenvalue weighted by Crippen LogP contribution is -2.10. The highest BCUT2D eigenvalue weighted by atomic mass is 19.3. The summed E-state index contributed by atoms with van der Waals surface area (Å²) in [6.07, 6.45) is -2.32. The van der Waals surface area contributed by atoms with Gasteiger partial charge in [0.25, 0.3) is 6.43 Å². The maximum absolute atomic E-state index is 12.4. The topological polar surface area (TPSA) is 93.3 Å². The maximum atomic E-state index is 12.4. The molecular formula is C8H6F2N2O4. The number of rotatable bonds is 3. The number of nitrogens with zero attached hydrogens (tertiary/aromatic N) is 2. The Labute approximate surface area is 87.7 Å². The van der Waals surface area contributed by atoms with Gasteiger partial charge in [-0.05, 0) is 12.5 Å². The number of aryl methyl sites for hydroxylation is 1. The zero-order chi connectivity index (χ0) is 12.5. The molecule has 1 N–H and O–H groups in total. The fourth-order valence-electron chi connectivity index (χ4n) is 1.22. The Balaban J connectivity index is 3.63. The molecule has 0 saturated carbocycles. The van der Waals surface area contributed by atoms with Crippen LogP contribution in [0.15, 0.2) is 6.20 Å². The number of hydrogen-bond donors (Lipinski definition) is 1. The van der Waals surface area contributed by atoms with E-state index in [9.17, 15) is 23.7 Å². The first-order chi connectivity index (χ1) is 7.36. The smallest absolute Gasteiger partial charge is 0.343 e. The molecule has 0 aliphatic heterocycles. The van der Waals surface area contributed by atoms with Crippen LogP contribution in [0.2, 0.25) is 0 Å². The summed E-state index contributed by atoms with van der Waals surface area (Å²) in [5.74, 6) is -1.63. The molecule has 86 valence electrons. The standard InChI is InChI=1S/C8H6F2N2O4/c1-3-2-11-5(7(9)10)6(12(15)16)4(3)8(13)14/h2,7H,1H3,(H,13,14). The first-order valence-electron chi connectivity index (χ1n) is 4.01. The van der Waals surface area contributed by atoms with E-state index in [2.05, 4.69) is 4.98 Å². The molecule has 0 atom stereocenters. The van der Waals surface area contributed by atoms with Crippen LogP contribution in [-0.2, 0) is 0 Å². The molecular weight excluding hydrogens is 226 g/mol. The van der Waals surface area contributed by atoms with Gasteiger partial charge in [0.15, 0.2) is 5.69 Å². The molecule has 1 aromatic rings. The van der Waals surface area contributed by atoms with Crippen molar-refractivity contribution >= 4 is 11.7 Å². The molecule has 16 heavy (non-hydrogen) atoms. The minimum atomic E-state index is -3.20. The lowest BCUT2D eigenvalue weighted by molar-refractivity contribution is -0.387. The Hall–Kier alpha value is -2.12. The highest BCUT2D eigenvalue weighted by Gasteiger charge is 2.32. The van der Waals surface area contributed by atoms with Gasteiger partial charge in [-0.15, -0.1) is 0 Å². The fraction of sp³-hybridized carbons (Fsp3) is 0.250. The summed E-state index contributed by atoms with van der Waals surface area (Å²) in [7, 11) is 0. The van der Waals surface area contributed by atoms with Gasteiger partial charge in [0, 0.05) is 6.20 Å². The molecule has 8 heteroatoms. The van der Waals surface area contributed by atoms with Crippen LogP contribution in [0.5, 0.6) is 0 Å². The lowest BCUT2D eigenvalue weighted by atomic mass is 10.1. The largest absolute Gasteiger partial charge is 0.477 e. The van der Waals surface area contributed by atoms with E-state index in [-0.39, 0.29) is 5.56 Å². The van der Waals surface area contributed by atoms with Crippen LogP contribution < -0.4 is 0 Å². The summed E-state index contributed by atoms with van der Waals surface area (Å²) in [6, 6.07) is 0. The average molecular weight is 232 g/mol. The number of nitro groups is 1. The van der Waals surface area contributed by atoms with Crippen molar-refractivity contribution < 1.29 is 23.6 Å². The van der Waals surface area contributed by atoms with E-state index in [0.29, 0.717) is 0 Å². The summed E-state index contributed by atoms with van der Waals surface area (Å²) < 4.78 is 24.8. The zero-order valence-corrected chi connectivity index (χ0v) is 7.98. The molecule has 6 nitrogen and oxygen atoms in total. The molecule has 0 unspecified atom stereocenters. The summed E-state index contributed by atoms with van der Waals surface area (Å²) >= 11 is 0. The van der Waals surface area contributed by atoms with Gasteiger partial charge in [-0.3, -0.25) is 10.1 Å². The van der Waals surface area contributed by atoms with E-state index in [0.717, 1.165) is 6.20 Å². The van der Waals surface area contributed by atoms with Crippen molar-refractivity contribution in [3.8, 4) is 0 Å². The molecule has 1 rings (SSSR count). The summed E-state index contributed by atoms with van der Waals surface area (Å²) in [5, 5.41) is 19.3. The predicted molar refractivity (Wildman–Crippen MR) is 47.5 cm³/mol. The van der Waals surface area contributed by atoms with Gasteiger partial charge < -0.3 is 5.11 Å². The van der Waals surface area contributed by atoms with Crippen LogP contribution in [0.1, 0.15) is 28.0 Å².